The van der Waals surface area contributed by atoms with Crippen molar-refractivity contribution in [3.05, 3.63) is 35.9 Å². The van der Waals surface area contributed by atoms with Gasteiger partial charge in [0, 0.05) is 12.8 Å². The fourth-order valence-corrected chi connectivity index (χ4v) is 3.01. The van der Waals surface area contributed by atoms with E-state index in [1.807, 2.05) is 0 Å². The largest absolute Gasteiger partial charge is 0.480 e. The maximum absolute atomic E-state index is 12.8. The third-order valence-corrected chi connectivity index (χ3v) is 4.98. The number of carboxylic acids is 1. The number of aliphatic carboxylic acids is 1. The molecule has 14 heteroatoms. The zero-order valence-electron chi connectivity index (χ0n) is 19.7. The number of nitrogens with one attached hydrogen (secondary N) is 4. The summed E-state index contributed by atoms with van der Waals surface area (Å²) in [5.41, 5.74) is 11.0. The van der Waals surface area contributed by atoms with Gasteiger partial charge < -0.3 is 42.9 Å². The highest BCUT2D eigenvalue weighted by Crippen LogP contribution is 2.06. The van der Waals surface area contributed by atoms with Crippen LogP contribution in [0.4, 0.5) is 0 Å². The maximum atomic E-state index is 12.8. The molecule has 0 fully saturated rings. The minimum Gasteiger partial charge on any atom is -0.480 e. The van der Waals surface area contributed by atoms with Crippen molar-refractivity contribution in [2.45, 2.75) is 50.4 Å². The van der Waals surface area contributed by atoms with E-state index < -0.39 is 66.3 Å². The first-order valence-electron chi connectivity index (χ1n) is 11.0. The fraction of sp³-hybridized carbons (Fsp3) is 0.455. The smallest absolute Gasteiger partial charge is 0.326 e. The molecule has 5 amide bonds. The lowest BCUT2D eigenvalue weighted by Gasteiger charge is -2.24. The van der Waals surface area contributed by atoms with Crippen LogP contribution in [0.2, 0.25) is 0 Å². The SMILES string of the molecule is CC(NC(=O)CN)C(=O)NC(CO)C(=O)NC(CCC(N)=O)C(=O)NC(Cc1ccccc1)C(=O)O. The molecule has 36 heavy (non-hydrogen) atoms. The first-order valence-corrected chi connectivity index (χ1v) is 11.0. The Labute approximate surface area is 207 Å². The number of primary amides is 1. The van der Waals surface area contributed by atoms with Crippen LogP contribution in [-0.2, 0) is 35.2 Å². The zero-order valence-corrected chi connectivity index (χ0v) is 19.7. The summed E-state index contributed by atoms with van der Waals surface area (Å²) in [4.78, 5) is 72.0. The Morgan fingerprint density at radius 1 is 0.861 bits per heavy atom. The molecule has 0 saturated heterocycles. The number of aliphatic hydroxyl groups excluding tert-OH is 1. The molecule has 198 valence electrons. The van der Waals surface area contributed by atoms with Gasteiger partial charge in [-0.25, -0.2) is 4.79 Å². The molecule has 0 radical (unpaired) electrons. The van der Waals surface area contributed by atoms with Crippen molar-refractivity contribution in [3.8, 4) is 0 Å². The Balaban J connectivity index is 2.93. The quantitative estimate of drug-likeness (QED) is 0.117. The minimum absolute atomic E-state index is 0.0415. The Hall–Kier alpha value is -4.04. The number of benzene rings is 1. The van der Waals surface area contributed by atoms with Crippen LogP contribution >= 0.6 is 0 Å². The Morgan fingerprint density at radius 3 is 1.94 bits per heavy atom. The van der Waals surface area contributed by atoms with Crippen LogP contribution in [0.1, 0.15) is 25.3 Å². The lowest BCUT2D eigenvalue weighted by molar-refractivity contribution is -0.142. The predicted molar refractivity (Wildman–Crippen MR) is 126 cm³/mol. The second-order valence-corrected chi connectivity index (χ2v) is 7.89. The monoisotopic (exact) mass is 508 g/mol. The number of aliphatic hydroxyl groups is 1. The summed E-state index contributed by atoms with van der Waals surface area (Å²) < 4.78 is 0. The van der Waals surface area contributed by atoms with Crippen molar-refractivity contribution in [2.24, 2.45) is 11.5 Å². The van der Waals surface area contributed by atoms with Gasteiger partial charge in [0.25, 0.3) is 0 Å². The summed E-state index contributed by atoms with van der Waals surface area (Å²) >= 11 is 0. The third-order valence-electron chi connectivity index (χ3n) is 4.98. The van der Waals surface area contributed by atoms with E-state index in [4.69, 9.17) is 11.5 Å². The standard InChI is InChI=1S/C22H32N6O8/c1-12(25-18(31)10-23)19(32)28-16(11-29)21(34)26-14(7-8-17(24)30)20(33)27-15(22(35)36)9-13-5-3-2-4-6-13/h2-6,12,14-16,29H,7-11,23H2,1H3,(H2,24,30)(H,25,31)(H,26,34)(H,27,33)(H,28,32)(H,35,36). The maximum Gasteiger partial charge on any atom is 0.326 e. The number of carbonyl (C=O) groups excluding carboxylic acids is 5. The molecule has 4 atom stereocenters. The summed E-state index contributed by atoms with van der Waals surface area (Å²) in [6, 6.07) is 3.19. The van der Waals surface area contributed by atoms with Gasteiger partial charge >= 0.3 is 5.97 Å². The van der Waals surface area contributed by atoms with E-state index in [0.29, 0.717) is 5.56 Å². The highest BCUT2D eigenvalue weighted by atomic mass is 16.4. The lowest BCUT2D eigenvalue weighted by atomic mass is 10.0. The van der Waals surface area contributed by atoms with Gasteiger partial charge in [-0.2, -0.15) is 0 Å². The molecule has 0 bridgehead atoms. The van der Waals surface area contributed by atoms with Crippen molar-refractivity contribution >= 4 is 35.5 Å². The summed E-state index contributed by atoms with van der Waals surface area (Å²) in [7, 11) is 0. The van der Waals surface area contributed by atoms with Crippen LogP contribution in [0.25, 0.3) is 0 Å². The fourth-order valence-electron chi connectivity index (χ4n) is 3.01. The van der Waals surface area contributed by atoms with Crippen molar-refractivity contribution in [1.82, 2.24) is 21.3 Å². The number of rotatable bonds is 15. The van der Waals surface area contributed by atoms with Gasteiger partial charge in [0.1, 0.15) is 24.2 Å². The molecule has 0 aromatic heterocycles. The summed E-state index contributed by atoms with van der Waals surface area (Å²) in [6.07, 6.45) is -0.618. The first-order chi connectivity index (χ1) is 17.0. The Morgan fingerprint density at radius 2 is 1.42 bits per heavy atom. The molecule has 0 spiro atoms. The normalized spacial score (nSPS) is 13.9. The molecular weight excluding hydrogens is 476 g/mol. The molecule has 4 unspecified atom stereocenters. The van der Waals surface area contributed by atoms with Crippen molar-refractivity contribution in [2.75, 3.05) is 13.2 Å². The van der Waals surface area contributed by atoms with Crippen LogP contribution in [0.15, 0.2) is 30.3 Å². The first kappa shape index (κ1) is 30.0. The van der Waals surface area contributed by atoms with Gasteiger partial charge in [0.15, 0.2) is 0 Å². The topological polar surface area (TPSA) is 243 Å². The van der Waals surface area contributed by atoms with Gasteiger partial charge in [0.2, 0.25) is 29.5 Å². The molecular formula is C22H32N6O8. The van der Waals surface area contributed by atoms with Crippen molar-refractivity contribution in [3.63, 3.8) is 0 Å². The van der Waals surface area contributed by atoms with Gasteiger partial charge in [-0.1, -0.05) is 30.3 Å². The molecule has 1 aromatic rings. The second-order valence-electron chi connectivity index (χ2n) is 7.89. The summed E-state index contributed by atoms with van der Waals surface area (Å²) in [5, 5.41) is 28.2. The number of hydrogen-bond acceptors (Lipinski definition) is 8. The number of amides is 5. The van der Waals surface area contributed by atoms with E-state index in [9.17, 15) is 39.0 Å². The van der Waals surface area contributed by atoms with E-state index in [0.717, 1.165) is 0 Å². The third kappa shape index (κ3) is 10.5. The van der Waals surface area contributed by atoms with Gasteiger partial charge in [-0.05, 0) is 18.9 Å². The highest BCUT2D eigenvalue weighted by molar-refractivity contribution is 5.95. The molecule has 0 aliphatic heterocycles. The van der Waals surface area contributed by atoms with Crippen LogP contribution in [-0.4, -0.2) is 83.0 Å². The second kappa shape index (κ2) is 15.1. The lowest BCUT2D eigenvalue weighted by Crippen LogP contribution is -2.58. The van der Waals surface area contributed by atoms with Gasteiger partial charge in [-0.15, -0.1) is 0 Å². The molecule has 0 aliphatic carbocycles. The molecule has 0 aliphatic rings. The average Bonchev–Trinajstić information content (AvgIpc) is 2.84. The van der Waals surface area contributed by atoms with Crippen LogP contribution in [0.3, 0.4) is 0 Å². The van der Waals surface area contributed by atoms with E-state index in [1.165, 1.54) is 6.92 Å². The predicted octanol–water partition coefficient (Wildman–Crippen LogP) is -3.51. The van der Waals surface area contributed by atoms with Gasteiger partial charge in [0.05, 0.1) is 13.2 Å². The zero-order chi connectivity index (χ0) is 27.3. The average molecular weight is 509 g/mol. The van der Waals surface area contributed by atoms with E-state index >= 15 is 0 Å². The summed E-state index contributed by atoms with van der Waals surface area (Å²) in [5.74, 6) is -5.40. The van der Waals surface area contributed by atoms with Gasteiger partial charge in [-0.3, -0.25) is 24.0 Å². The van der Waals surface area contributed by atoms with E-state index in [2.05, 4.69) is 21.3 Å². The van der Waals surface area contributed by atoms with Crippen molar-refractivity contribution < 1.29 is 39.0 Å². The molecule has 10 N–H and O–H groups in total. The van der Waals surface area contributed by atoms with Crippen LogP contribution in [0.5, 0.6) is 0 Å². The highest BCUT2D eigenvalue weighted by Gasteiger charge is 2.30. The number of nitrogens with two attached hydrogens (primary N) is 2. The number of hydrogen-bond donors (Lipinski definition) is 8. The molecule has 1 aromatic carbocycles. The Bertz CT molecular complexity index is 942. The number of carbonyl (C=O) groups is 6. The van der Waals surface area contributed by atoms with E-state index in [-0.39, 0.29) is 25.8 Å². The van der Waals surface area contributed by atoms with Crippen molar-refractivity contribution in [1.29, 1.82) is 0 Å². The molecule has 0 saturated carbocycles. The van der Waals surface area contributed by atoms with Crippen LogP contribution in [0, 0.1) is 0 Å². The Kier molecular flexibility index (Phi) is 12.5. The molecule has 14 nitrogen and oxygen atoms in total. The van der Waals surface area contributed by atoms with Crippen LogP contribution < -0.4 is 32.7 Å². The molecule has 0 heterocycles. The minimum atomic E-state index is -1.52. The van der Waals surface area contributed by atoms with E-state index in [1.54, 1.807) is 30.3 Å². The molecule has 1 rings (SSSR count). The number of carboxylic acid groups (broad SMARTS) is 1. The summed E-state index contributed by atoms with van der Waals surface area (Å²) in [6.45, 7) is 0.113.